The van der Waals surface area contributed by atoms with Gasteiger partial charge in [0.25, 0.3) is 0 Å². The van der Waals surface area contributed by atoms with Crippen LogP contribution in [0.1, 0.15) is 404 Å². The molecule has 0 heterocycles. The summed E-state index contributed by atoms with van der Waals surface area (Å²) in [6.07, 6.45) is 0. The summed E-state index contributed by atoms with van der Waals surface area (Å²) >= 11 is 0. The molecule has 0 fully saturated rings. The Morgan fingerprint density at radius 1 is 0.290 bits per heavy atom. The van der Waals surface area contributed by atoms with Crippen LogP contribution in [0.15, 0.2) is 22.3 Å². The van der Waals surface area contributed by atoms with E-state index in [9.17, 15) is 43.5 Å². The molecule has 0 aromatic carbocycles. The predicted molar refractivity (Wildman–Crippen MR) is 442 cm³/mol. The minimum Gasteiger partial charge on any atom is -0.391 e. The molecule has 0 spiro atoms. The fraction of sp³-hybridized carbons (Fsp3) is 0.860. The first-order valence-corrected chi connectivity index (χ1v) is 33.8. The maximum Gasteiger partial charge on any atom is 0.161 e. The van der Waals surface area contributed by atoms with Crippen LogP contribution in [0.4, 0.5) is 0 Å². The van der Waals surface area contributed by atoms with Gasteiger partial charge in [0.05, 0.1) is 39.2 Å². The zero-order valence-corrected chi connectivity index (χ0v) is 73.0. The van der Waals surface area contributed by atoms with Crippen LogP contribution in [-0.4, -0.2) is 112 Å². The van der Waals surface area contributed by atoms with Crippen LogP contribution in [-0.2, 0) is 52.6 Å². The zero-order chi connectivity index (χ0) is 81.2. The molecule has 14 nitrogen and oxygen atoms in total. The van der Waals surface area contributed by atoms with Crippen LogP contribution in [0, 0.1) is 38.9 Å². The monoisotopic (exact) mass is 1440 g/mol. The largest absolute Gasteiger partial charge is 0.391 e. The molecule has 0 bridgehead atoms. The number of carbonyl (C=O) groups is 8. The Hall–Kier alpha value is -3.40. The Morgan fingerprint density at radius 2 is 0.470 bits per heavy atom. The molecule has 0 saturated heterocycles. The average molecular weight is 1440 g/mol. The lowest BCUT2D eigenvalue weighted by Gasteiger charge is -2.43. The van der Waals surface area contributed by atoms with Crippen molar-refractivity contribution in [2.75, 3.05) is 0 Å². The summed E-state index contributed by atoms with van der Waals surface area (Å²) < 4.78 is 17.3. The molecule has 0 aromatic heterocycles. The smallest absolute Gasteiger partial charge is 0.161 e. The fourth-order valence-corrected chi connectivity index (χ4v) is 4.38. The lowest BCUT2D eigenvalue weighted by molar-refractivity contribution is -0.180. The SMILES string of the molecule is C.C.C.C.C.CC(=O)C(C)(C)C.CC(=O)C(C)(C)C.CC(=O)C(C)(C)OC(C)(C)C.CC(=O)C(C)(C)OC(C)(C)C(C)(C)C.CC(=O)C(C)=C(C)C.CC(=O)C(C)=C(C)C.CC(=O)C(C)C(C)(C)C.CC(=O)C(C)C(C)(C)OC(C)(C)C.CC(C)(C)C(C)(C)O.CC(C)(C)O.CC(C)(C)O. The van der Waals surface area contributed by atoms with Crippen molar-refractivity contribution >= 4 is 46.3 Å². The predicted octanol–water partition coefficient (Wildman–Crippen LogP) is 24.1. The summed E-state index contributed by atoms with van der Waals surface area (Å²) in [6.45, 7) is 99.4. The van der Waals surface area contributed by atoms with E-state index in [1.54, 1.807) is 111 Å². The number of aliphatic hydroxyl groups is 3. The minimum absolute atomic E-state index is 0. The molecule has 0 aliphatic heterocycles. The number of allylic oxidation sites excluding steroid dienone is 4. The third kappa shape index (κ3) is 96.7. The molecule has 0 rings (SSSR count). The first-order valence-electron chi connectivity index (χ1n) is 33.8. The molecule has 3 N–H and O–H groups in total. The van der Waals surface area contributed by atoms with Crippen molar-refractivity contribution in [3.05, 3.63) is 22.3 Å². The van der Waals surface area contributed by atoms with Crippen LogP contribution in [0.25, 0.3) is 0 Å². The van der Waals surface area contributed by atoms with Crippen LogP contribution >= 0.6 is 0 Å². The first-order chi connectivity index (χ1) is 40.2. The van der Waals surface area contributed by atoms with E-state index < -0.39 is 28.0 Å². The maximum atomic E-state index is 11.3. The summed E-state index contributed by atoms with van der Waals surface area (Å²) in [6, 6.07) is 0. The lowest BCUT2D eigenvalue weighted by atomic mass is 9.78. The molecule has 612 valence electrons. The second kappa shape index (κ2) is 54.2. The van der Waals surface area contributed by atoms with Gasteiger partial charge in [-0.25, -0.2) is 0 Å². The molecule has 0 saturated carbocycles. The highest BCUT2D eigenvalue weighted by atomic mass is 16.5. The number of hydrogen-bond donors (Lipinski definition) is 3. The average Bonchev–Trinajstić information content (AvgIpc) is 3.24. The number of rotatable bonds is 11. The number of ketones is 8. The number of ether oxygens (including phenoxy) is 3. The van der Waals surface area contributed by atoms with E-state index in [4.69, 9.17) is 24.4 Å². The van der Waals surface area contributed by atoms with E-state index in [1.807, 2.05) is 215 Å². The molecule has 0 aliphatic carbocycles. The summed E-state index contributed by atoms with van der Waals surface area (Å²) in [4.78, 5) is 86.3. The fourth-order valence-electron chi connectivity index (χ4n) is 4.38. The van der Waals surface area contributed by atoms with Crippen LogP contribution in [0.3, 0.4) is 0 Å². The number of carbonyl (C=O) groups excluding carboxylic acids is 8. The van der Waals surface area contributed by atoms with Gasteiger partial charge in [-0.3, -0.25) is 38.4 Å². The van der Waals surface area contributed by atoms with Gasteiger partial charge < -0.3 is 29.5 Å². The van der Waals surface area contributed by atoms with Gasteiger partial charge >= 0.3 is 0 Å². The van der Waals surface area contributed by atoms with Gasteiger partial charge in [0, 0.05) is 22.7 Å². The Bertz CT molecular complexity index is 2190. The molecular formula is C86H184O14. The third-order valence-corrected chi connectivity index (χ3v) is 15.2. The second-order valence-corrected chi connectivity index (χ2v) is 37.2. The van der Waals surface area contributed by atoms with E-state index >= 15 is 0 Å². The van der Waals surface area contributed by atoms with Crippen molar-refractivity contribution in [3.8, 4) is 0 Å². The van der Waals surface area contributed by atoms with E-state index in [0.717, 1.165) is 22.3 Å². The third-order valence-electron chi connectivity index (χ3n) is 15.2. The van der Waals surface area contributed by atoms with Gasteiger partial charge in [-0.1, -0.05) is 166 Å². The molecule has 100 heavy (non-hydrogen) atoms. The Kier molecular flexibility index (Phi) is 73.7. The number of hydrogen-bond acceptors (Lipinski definition) is 14. The van der Waals surface area contributed by atoms with Crippen LogP contribution in [0.2, 0.25) is 0 Å². The van der Waals surface area contributed by atoms with Gasteiger partial charge in [-0.2, -0.15) is 0 Å². The topological polar surface area (TPSA) is 225 Å². The molecular weight excluding hydrogens is 1260 g/mol. The van der Waals surface area contributed by atoms with Gasteiger partial charge in [0.2, 0.25) is 0 Å². The standard InChI is InChI=1S/C12H24O2.C11H22O2.C9H18O2.C8H16O.C7H16O.2C7H12O.2C6H12O.2C4H10O.5CH4/c1-9(13)11(5,6)14-12(7,8)10(2,3)4;1-8(9(2)12)11(6,7)13-10(3,4)5;1-7(10)9(5,6)11-8(2,3)4;1-6(7(2)9)8(3,4)5;1-6(2,3)7(4,5)8;2*1-5(2)6(3)7(4)8;2*1-5(7)6(2,3)4;2*1-4(2,3)5;;;;;/h1-8H3;8H,1-7H3;1-6H3;6H,1-5H3;8H,1-5H3;2*1-4H3;2*1-4H3;2*5H,1-3H3;5*1H4. The molecule has 2 unspecified atom stereocenters. The second-order valence-electron chi connectivity index (χ2n) is 37.2. The quantitative estimate of drug-likeness (QED) is 0.164. The molecule has 0 radical (unpaired) electrons. The normalized spacial score (nSPS) is 12.2. The molecule has 0 aromatic rings. The van der Waals surface area contributed by atoms with Gasteiger partial charge in [-0.05, 0) is 277 Å². The highest BCUT2D eigenvalue weighted by molar-refractivity contribution is 5.93. The number of Topliss-reactive ketones (excluding diaryl/α,β-unsaturated/α-hetero) is 8. The van der Waals surface area contributed by atoms with Crippen LogP contribution < -0.4 is 0 Å². The lowest BCUT2D eigenvalue weighted by Crippen LogP contribution is -2.48. The van der Waals surface area contributed by atoms with Crippen molar-refractivity contribution in [2.24, 2.45) is 38.9 Å². The van der Waals surface area contributed by atoms with Gasteiger partial charge in [0.1, 0.15) is 34.3 Å². The van der Waals surface area contributed by atoms with Crippen molar-refractivity contribution in [3.63, 3.8) is 0 Å². The Morgan fingerprint density at radius 3 is 0.540 bits per heavy atom. The van der Waals surface area contributed by atoms with E-state index in [2.05, 4.69) is 41.5 Å². The summed E-state index contributed by atoms with van der Waals surface area (Å²) in [5.74, 6) is 1.53. The van der Waals surface area contributed by atoms with E-state index in [-0.39, 0.29) is 145 Å². The van der Waals surface area contributed by atoms with Crippen molar-refractivity contribution in [2.45, 2.75) is 455 Å². The molecule has 2 atom stereocenters. The summed E-state index contributed by atoms with van der Waals surface area (Å²) in [5.41, 5.74) is -0.236. The molecule has 14 heteroatoms. The summed E-state index contributed by atoms with van der Waals surface area (Å²) in [7, 11) is 0. The van der Waals surface area contributed by atoms with Crippen LogP contribution in [0.5, 0.6) is 0 Å². The maximum absolute atomic E-state index is 11.3. The molecule has 0 amide bonds. The van der Waals surface area contributed by atoms with Gasteiger partial charge in [0.15, 0.2) is 23.1 Å². The van der Waals surface area contributed by atoms with Crippen molar-refractivity contribution < 1.29 is 67.9 Å². The van der Waals surface area contributed by atoms with E-state index in [1.165, 1.54) is 0 Å². The molecule has 0 aliphatic rings. The van der Waals surface area contributed by atoms with Crippen molar-refractivity contribution in [1.29, 1.82) is 0 Å². The summed E-state index contributed by atoms with van der Waals surface area (Å²) in [5, 5.41) is 26.4. The highest BCUT2D eigenvalue weighted by Crippen LogP contribution is 2.37. The zero-order valence-electron chi connectivity index (χ0n) is 73.0. The highest BCUT2D eigenvalue weighted by Gasteiger charge is 2.41. The Labute approximate surface area is 626 Å². The van der Waals surface area contributed by atoms with Crippen molar-refractivity contribution in [1.82, 2.24) is 0 Å². The van der Waals surface area contributed by atoms with E-state index in [0.29, 0.717) is 0 Å². The first kappa shape index (κ1) is 136. The minimum atomic E-state index is -0.698. The Balaban J connectivity index is -0.0000000559. The van der Waals surface area contributed by atoms with Gasteiger partial charge in [-0.15, -0.1) is 0 Å².